The van der Waals surface area contributed by atoms with Gasteiger partial charge < -0.3 is 9.84 Å². The number of rotatable bonds is 10. The van der Waals surface area contributed by atoms with Crippen LogP contribution in [0.2, 0.25) is 5.02 Å². The molecule has 8 nitrogen and oxygen atoms in total. The van der Waals surface area contributed by atoms with Crippen molar-refractivity contribution in [2.45, 2.75) is 37.5 Å². The van der Waals surface area contributed by atoms with E-state index in [0.717, 1.165) is 18.4 Å². The number of hydrogen-bond donors (Lipinski definition) is 2. The first-order chi connectivity index (χ1) is 14.9. The van der Waals surface area contributed by atoms with Gasteiger partial charge in [-0.25, -0.2) is 13.1 Å². The third-order valence-electron chi connectivity index (χ3n) is 4.39. The molecule has 10 heteroatoms. The summed E-state index contributed by atoms with van der Waals surface area (Å²) in [6, 6.07) is 13.2. The van der Waals surface area contributed by atoms with E-state index >= 15 is 0 Å². The largest absolute Gasteiger partial charge is 0.339 e. The highest BCUT2D eigenvalue weighted by Crippen LogP contribution is 2.19. The number of benzene rings is 2. The summed E-state index contributed by atoms with van der Waals surface area (Å²) in [6.07, 6.45) is 2.00. The minimum atomic E-state index is -3.62. The summed E-state index contributed by atoms with van der Waals surface area (Å²) in [5, 5.41) is 7.22. The Morgan fingerprint density at radius 1 is 1.16 bits per heavy atom. The normalized spacial score (nSPS) is 11.4. The summed E-state index contributed by atoms with van der Waals surface area (Å²) >= 11 is 5.87. The SMILES string of the molecule is CCCCNS(=O)(=O)c1cccc(NC(=O)CCc2nc(-c3ccc(Cl)cc3)no2)c1. The zero-order chi connectivity index (χ0) is 22.3. The molecule has 0 spiro atoms. The van der Waals surface area contributed by atoms with Crippen molar-refractivity contribution in [3.8, 4) is 11.4 Å². The number of carbonyl (C=O) groups excluding carboxylic acids is 1. The van der Waals surface area contributed by atoms with E-state index in [4.69, 9.17) is 16.1 Å². The van der Waals surface area contributed by atoms with Gasteiger partial charge in [0.2, 0.25) is 27.6 Å². The molecule has 0 radical (unpaired) electrons. The van der Waals surface area contributed by atoms with E-state index < -0.39 is 10.0 Å². The zero-order valence-corrected chi connectivity index (χ0v) is 18.5. The smallest absolute Gasteiger partial charge is 0.240 e. The molecule has 0 atom stereocenters. The van der Waals surface area contributed by atoms with Crippen LogP contribution in [0.25, 0.3) is 11.4 Å². The van der Waals surface area contributed by atoms with Crippen LogP contribution in [0, 0.1) is 0 Å². The highest BCUT2D eigenvalue weighted by atomic mass is 35.5. The van der Waals surface area contributed by atoms with E-state index in [0.29, 0.717) is 29.0 Å². The van der Waals surface area contributed by atoms with Crippen molar-refractivity contribution in [1.29, 1.82) is 0 Å². The predicted octanol–water partition coefficient (Wildman–Crippen LogP) is 4.04. The molecule has 1 amide bonds. The van der Waals surface area contributed by atoms with E-state index in [2.05, 4.69) is 20.2 Å². The van der Waals surface area contributed by atoms with Crippen molar-refractivity contribution in [2.24, 2.45) is 0 Å². The summed E-state index contributed by atoms with van der Waals surface area (Å²) in [5.41, 5.74) is 1.16. The van der Waals surface area contributed by atoms with Crippen molar-refractivity contribution in [3.63, 3.8) is 0 Å². The molecular weight excluding hydrogens is 440 g/mol. The number of unbranched alkanes of at least 4 members (excludes halogenated alkanes) is 1. The Morgan fingerprint density at radius 2 is 1.94 bits per heavy atom. The van der Waals surface area contributed by atoms with Crippen LogP contribution >= 0.6 is 11.6 Å². The van der Waals surface area contributed by atoms with Gasteiger partial charge >= 0.3 is 0 Å². The van der Waals surface area contributed by atoms with Gasteiger partial charge in [-0.05, 0) is 48.9 Å². The predicted molar refractivity (Wildman–Crippen MR) is 118 cm³/mol. The molecule has 3 rings (SSSR count). The van der Waals surface area contributed by atoms with Gasteiger partial charge in [-0.15, -0.1) is 0 Å². The number of aryl methyl sites for hydroxylation is 1. The van der Waals surface area contributed by atoms with Crippen molar-refractivity contribution >= 4 is 33.2 Å². The molecule has 0 bridgehead atoms. The number of carbonyl (C=O) groups is 1. The zero-order valence-electron chi connectivity index (χ0n) is 17.0. The Balaban J connectivity index is 1.56. The Labute approximate surface area is 186 Å². The highest BCUT2D eigenvalue weighted by molar-refractivity contribution is 7.89. The van der Waals surface area contributed by atoms with Gasteiger partial charge in [0.25, 0.3) is 0 Å². The fraction of sp³-hybridized carbons (Fsp3) is 0.286. The number of anilines is 1. The third-order valence-corrected chi connectivity index (χ3v) is 6.10. The molecule has 1 aromatic heterocycles. The Morgan fingerprint density at radius 3 is 2.68 bits per heavy atom. The van der Waals surface area contributed by atoms with Gasteiger partial charge in [0.15, 0.2) is 0 Å². The molecule has 2 N–H and O–H groups in total. The van der Waals surface area contributed by atoms with E-state index in [-0.39, 0.29) is 23.6 Å². The summed E-state index contributed by atoms with van der Waals surface area (Å²) in [6.45, 7) is 2.36. The van der Waals surface area contributed by atoms with Crippen LogP contribution in [-0.2, 0) is 21.2 Å². The standard InChI is InChI=1S/C21H23ClN4O4S/c1-2-3-13-23-31(28,29)18-6-4-5-17(14-18)24-19(27)11-12-20-25-21(26-30-20)15-7-9-16(22)10-8-15/h4-10,14,23H,2-3,11-13H2,1H3,(H,24,27). The Hall–Kier alpha value is -2.75. The maximum absolute atomic E-state index is 12.3. The number of sulfonamides is 1. The number of halogens is 1. The minimum Gasteiger partial charge on any atom is -0.339 e. The number of amides is 1. The maximum atomic E-state index is 12.3. The molecule has 0 aliphatic heterocycles. The van der Waals surface area contributed by atoms with Gasteiger partial charge in [-0.3, -0.25) is 4.79 Å². The summed E-state index contributed by atoms with van der Waals surface area (Å²) in [4.78, 5) is 16.7. The first-order valence-corrected chi connectivity index (χ1v) is 11.7. The van der Waals surface area contributed by atoms with Crippen molar-refractivity contribution in [3.05, 3.63) is 59.4 Å². The first-order valence-electron chi connectivity index (χ1n) is 9.85. The third kappa shape index (κ3) is 6.61. The van der Waals surface area contributed by atoms with Crippen LogP contribution in [0.5, 0.6) is 0 Å². The Kier molecular flexibility index (Phi) is 7.78. The molecule has 0 saturated carbocycles. The van der Waals surface area contributed by atoms with E-state index in [1.165, 1.54) is 12.1 Å². The second-order valence-corrected chi connectivity index (χ2v) is 9.05. The van der Waals surface area contributed by atoms with E-state index in [1.54, 1.807) is 36.4 Å². The molecule has 164 valence electrons. The molecular formula is C21H23ClN4O4S. The lowest BCUT2D eigenvalue weighted by Gasteiger charge is -2.09. The second kappa shape index (κ2) is 10.5. The van der Waals surface area contributed by atoms with Crippen LogP contribution < -0.4 is 10.0 Å². The van der Waals surface area contributed by atoms with Gasteiger partial charge in [-0.2, -0.15) is 4.98 Å². The van der Waals surface area contributed by atoms with E-state index in [9.17, 15) is 13.2 Å². The van der Waals surface area contributed by atoms with Crippen LogP contribution in [0.4, 0.5) is 5.69 Å². The first kappa shape index (κ1) is 22.9. The van der Waals surface area contributed by atoms with Crippen LogP contribution in [-0.4, -0.2) is 31.0 Å². The quantitative estimate of drug-likeness (QED) is 0.439. The molecule has 31 heavy (non-hydrogen) atoms. The molecule has 0 unspecified atom stereocenters. The molecule has 3 aromatic rings. The minimum absolute atomic E-state index is 0.103. The van der Waals surface area contributed by atoms with E-state index in [1.807, 2.05) is 6.92 Å². The average Bonchev–Trinajstić information content (AvgIpc) is 3.22. The number of hydrogen-bond acceptors (Lipinski definition) is 6. The summed E-state index contributed by atoms with van der Waals surface area (Å²) < 4.78 is 32.4. The maximum Gasteiger partial charge on any atom is 0.240 e. The average molecular weight is 463 g/mol. The highest BCUT2D eigenvalue weighted by Gasteiger charge is 2.15. The molecule has 2 aromatic carbocycles. The second-order valence-electron chi connectivity index (χ2n) is 6.85. The molecule has 0 aliphatic carbocycles. The number of nitrogens with one attached hydrogen (secondary N) is 2. The molecule has 1 heterocycles. The van der Waals surface area contributed by atoms with Crippen molar-refractivity contribution in [2.75, 3.05) is 11.9 Å². The Bertz CT molecular complexity index is 1130. The fourth-order valence-electron chi connectivity index (χ4n) is 2.72. The number of nitrogens with zero attached hydrogens (tertiary/aromatic N) is 2. The van der Waals surface area contributed by atoms with Crippen LogP contribution in [0.1, 0.15) is 32.1 Å². The number of aromatic nitrogens is 2. The topological polar surface area (TPSA) is 114 Å². The lowest BCUT2D eigenvalue weighted by atomic mass is 10.2. The van der Waals surface area contributed by atoms with Crippen LogP contribution in [0.15, 0.2) is 57.9 Å². The molecule has 0 fully saturated rings. The van der Waals surface area contributed by atoms with Gasteiger partial charge in [0.05, 0.1) is 4.90 Å². The molecule has 0 aliphatic rings. The van der Waals surface area contributed by atoms with Crippen molar-refractivity contribution in [1.82, 2.24) is 14.9 Å². The van der Waals surface area contributed by atoms with Crippen LogP contribution in [0.3, 0.4) is 0 Å². The lowest BCUT2D eigenvalue weighted by molar-refractivity contribution is -0.116. The van der Waals surface area contributed by atoms with Gasteiger partial charge in [-0.1, -0.05) is 36.2 Å². The monoisotopic (exact) mass is 462 g/mol. The van der Waals surface area contributed by atoms with Gasteiger partial charge in [0.1, 0.15) is 0 Å². The van der Waals surface area contributed by atoms with Crippen molar-refractivity contribution < 1.29 is 17.7 Å². The molecule has 0 saturated heterocycles. The fourth-order valence-corrected chi connectivity index (χ4v) is 3.97. The lowest BCUT2D eigenvalue weighted by Crippen LogP contribution is -2.24. The van der Waals surface area contributed by atoms with Gasteiger partial charge in [0, 0.05) is 35.7 Å². The summed E-state index contributed by atoms with van der Waals surface area (Å²) in [7, 11) is -3.62. The summed E-state index contributed by atoms with van der Waals surface area (Å²) in [5.74, 6) is 0.455.